The molecule has 1 N–H and O–H groups in total. The van der Waals surface area contributed by atoms with Gasteiger partial charge in [0.25, 0.3) is 0 Å². The van der Waals surface area contributed by atoms with Gasteiger partial charge in [0, 0.05) is 17.2 Å². The summed E-state index contributed by atoms with van der Waals surface area (Å²) in [7, 11) is 0. The summed E-state index contributed by atoms with van der Waals surface area (Å²) in [6.45, 7) is 0.482. The molecular formula is C11H11BrF3NOS. The van der Waals surface area contributed by atoms with Gasteiger partial charge in [-0.15, -0.1) is 11.8 Å². The van der Waals surface area contributed by atoms with Crippen molar-refractivity contribution in [2.24, 2.45) is 0 Å². The van der Waals surface area contributed by atoms with Crippen LogP contribution in [0, 0.1) is 0 Å². The first-order valence-corrected chi connectivity index (χ1v) is 7.17. The van der Waals surface area contributed by atoms with E-state index in [1.165, 1.54) is 23.9 Å². The summed E-state index contributed by atoms with van der Waals surface area (Å²) in [4.78, 5) is 11.6. The van der Waals surface area contributed by atoms with E-state index in [1.54, 1.807) is 0 Å². The quantitative estimate of drug-likeness (QED) is 0.505. The number of benzene rings is 1. The maximum absolute atomic E-state index is 12.3. The summed E-state index contributed by atoms with van der Waals surface area (Å²) in [5.41, 5.74) is -0.653. The van der Waals surface area contributed by atoms with E-state index in [0.717, 1.165) is 17.0 Å². The van der Waals surface area contributed by atoms with Gasteiger partial charge in [0.15, 0.2) is 0 Å². The van der Waals surface area contributed by atoms with Gasteiger partial charge in [-0.3, -0.25) is 4.79 Å². The van der Waals surface area contributed by atoms with Crippen LogP contribution in [0.2, 0.25) is 0 Å². The number of halogens is 4. The first-order chi connectivity index (χ1) is 8.43. The van der Waals surface area contributed by atoms with E-state index in [2.05, 4.69) is 21.2 Å². The molecule has 1 amide bonds. The lowest BCUT2D eigenvalue weighted by atomic mass is 10.2. The van der Waals surface area contributed by atoms with Gasteiger partial charge < -0.3 is 5.32 Å². The highest BCUT2D eigenvalue weighted by Gasteiger charge is 2.29. The van der Waals surface area contributed by atoms with Gasteiger partial charge in [-0.25, -0.2) is 0 Å². The number of hydrogen-bond acceptors (Lipinski definition) is 2. The van der Waals surface area contributed by atoms with Gasteiger partial charge >= 0.3 is 6.18 Å². The van der Waals surface area contributed by atoms with E-state index in [0.29, 0.717) is 12.3 Å². The fourth-order valence-electron chi connectivity index (χ4n) is 1.15. The van der Waals surface area contributed by atoms with Crippen LogP contribution in [0.1, 0.15) is 5.56 Å². The van der Waals surface area contributed by atoms with Gasteiger partial charge in [-0.2, -0.15) is 13.2 Å². The second-order valence-electron chi connectivity index (χ2n) is 3.35. The second-order valence-corrected chi connectivity index (χ2v) is 5.08. The van der Waals surface area contributed by atoms with Crippen LogP contribution in [0.25, 0.3) is 0 Å². The third-order valence-corrected chi connectivity index (χ3v) is 3.52. The van der Waals surface area contributed by atoms with Crippen molar-refractivity contribution in [1.82, 2.24) is 5.32 Å². The summed E-state index contributed by atoms with van der Waals surface area (Å²) < 4.78 is 36.9. The van der Waals surface area contributed by atoms with Crippen molar-refractivity contribution in [3.05, 3.63) is 29.8 Å². The Bertz CT molecular complexity index is 394. The Hall–Kier alpha value is -0.690. The van der Waals surface area contributed by atoms with Crippen LogP contribution < -0.4 is 5.32 Å². The zero-order chi connectivity index (χ0) is 13.6. The number of rotatable bonds is 5. The molecule has 0 saturated heterocycles. The number of amides is 1. The number of carbonyl (C=O) groups is 1. The van der Waals surface area contributed by atoms with Crippen molar-refractivity contribution >= 4 is 33.6 Å². The Labute approximate surface area is 115 Å². The molecule has 18 heavy (non-hydrogen) atoms. The molecule has 7 heteroatoms. The molecule has 0 heterocycles. The summed E-state index contributed by atoms with van der Waals surface area (Å²) in [5.74, 6) is 0.507. The lowest BCUT2D eigenvalue weighted by Gasteiger charge is -2.07. The molecule has 0 radical (unpaired) electrons. The predicted molar refractivity (Wildman–Crippen MR) is 69.0 cm³/mol. The van der Waals surface area contributed by atoms with Crippen molar-refractivity contribution in [3.8, 4) is 0 Å². The Morgan fingerprint density at radius 2 is 1.89 bits per heavy atom. The number of nitrogens with one attached hydrogen (secondary N) is 1. The first-order valence-electron chi connectivity index (χ1n) is 5.06. The van der Waals surface area contributed by atoms with Crippen molar-refractivity contribution in [1.29, 1.82) is 0 Å². The summed E-state index contributed by atoms with van der Waals surface area (Å²) >= 11 is 4.41. The Balaban J connectivity index is 2.38. The minimum atomic E-state index is -4.30. The monoisotopic (exact) mass is 341 g/mol. The predicted octanol–water partition coefficient (Wildman–Crippen LogP) is 3.31. The lowest BCUT2D eigenvalue weighted by molar-refractivity contribution is -0.137. The van der Waals surface area contributed by atoms with Crippen LogP contribution in [0.5, 0.6) is 0 Å². The van der Waals surface area contributed by atoms with Gasteiger partial charge in [0.05, 0.1) is 10.9 Å². The van der Waals surface area contributed by atoms with Crippen molar-refractivity contribution in [2.45, 2.75) is 11.1 Å². The summed E-state index contributed by atoms with van der Waals surface area (Å²) in [6, 6.07) is 4.97. The molecule has 0 bridgehead atoms. The molecule has 0 aromatic heterocycles. The maximum Gasteiger partial charge on any atom is 0.416 e. The van der Waals surface area contributed by atoms with Crippen LogP contribution in [0.15, 0.2) is 29.2 Å². The van der Waals surface area contributed by atoms with Crippen LogP contribution in [-0.4, -0.2) is 23.5 Å². The molecule has 0 spiro atoms. The number of hydrogen-bond donors (Lipinski definition) is 1. The lowest BCUT2D eigenvalue weighted by Crippen LogP contribution is -2.26. The topological polar surface area (TPSA) is 29.1 Å². The molecule has 1 aromatic carbocycles. The largest absolute Gasteiger partial charge is 0.416 e. The highest BCUT2D eigenvalue weighted by molar-refractivity contribution is 9.09. The zero-order valence-electron chi connectivity index (χ0n) is 9.26. The molecule has 0 aliphatic rings. The first kappa shape index (κ1) is 15.4. The van der Waals surface area contributed by atoms with Gasteiger partial charge in [-0.1, -0.05) is 15.9 Å². The molecule has 0 unspecified atom stereocenters. The number of thioether (sulfide) groups is 1. The summed E-state index contributed by atoms with van der Waals surface area (Å²) in [5, 5.41) is 2.90. The third kappa shape index (κ3) is 5.30. The standard InChI is InChI=1S/C11H11BrF3NOS/c12-7-10(17)16-5-6-18-9-3-1-8(2-4-9)11(13,14)15/h1-4H,5-7H2,(H,16,17). The number of carbonyl (C=O) groups excluding carboxylic acids is 1. The maximum atomic E-state index is 12.3. The van der Waals surface area contributed by atoms with E-state index in [1.807, 2.05) is 0 Å². The van der Waals surface area contributed by atoms with E-state index in [9.17, 15) is 18.0 Å². The molecular weight excluding hydrogens is 331 g/mol. The van der Waals surface area contributed by atoms with Crippen molar-refractivity contribution < 1.29 is 18.0 Å². The van der Waals surface area contributed by atoms with Crippen LogP contribution in [0.3, 0.4) is 0 Å². The minimum absolute atomic E-state index is 0.108. The molecule has 0 atom stereocenters. The van der Waals surface area contributed by atoms with Crippen molar-refractivity contribution in [2.75, 3.05) is 17.6 Å². The minimum Gasteiger partial charge on any atom is -0.355 e. The van der Waals surface area contributed by atoms with E-state index in [4.69, 9.17) is 0 Å². The van der Waals surface area contributed by atoms with E-state index in [-0.39, 0.29) is 11.2 Å². The third-order valence-electron chi connectivity index (χ3n) is 2.00. The molecule has 0 fully saturated rings. The van der Waals surface area contributed by atoms with Gasteiger partial charge in [0.2, 0.25) is 5.91 Å². The molecule has 0 aliphatic carbocycles. The molecule has 1 rings (SSSR count). The normalized spacial score (nSPS) is 11.3. The summed E-state index contributed by atoms with van der Waals surface area (Å²) in [6.07, 6.45) is -4.30. The SMILES string of the molecule is O=C(CBr)NCCSc1ccc(C(F)(F)F)cc1. The van der Waals surface area contributed by atoms with E-state index < -0.39 is 11.7 Å². The molecule has 100 valence electrons. The fourth-order valence-corrected chi connectivity index (χ4v) is 2.11. The molecule has 0 aliphatic heterocycles. The zero-order valence-corrected chi connectivity index (χ0v) is 11.7. The Kier molecular flexibility index (Phi) is 6.01. The Morgan fingerprint density at radius 3 is 2.39 bits per heavy atom. The molecule has 2 nitrogen and oxygen atoms in total. The average Bonchev–Trinajstić information content (AvgIpc) is 2.33. The van der Waals surface area contributed by atoms with Gasteiger partial charge in [-0.05, 0) is 24.3 Å². The smallest absolute Gasteiger partial charge is 0.355 e. The number of alkyl halides is 4. The highest BCUT2D eigenvalue weighted by atomic mass is 79.9. The molecule has 0 saturated carbocycles. The Morgan fingerprint density at radius 1 is 1.28 bits per heavy atom. The van der Waals surface area contributed by atoms with Crippen molar-refractivity contribution in [3.63, 3.8) is 0 Å². The van der Waals surface area contributed by atoms with Crippen LogP contribution in [0.4, 0.5) is 13.2 Å². The fraction of sp³-hybridized carbons (Fsp3) is 0.364. The van der Waals surface area contributed by atoms with Gasteiger partial charge in [0.1, 0.15) is 0 Å². The van der Waals surface area contributed by atoms with Crippen LogP contribution in [-0.2, 0) is 11.0 Å². The highest BCUT2D eigenvalue weighted by Crippen LogP contribution is 2.30. The average molecular weight is 342 g/mol. The van der Waals surface area contributed by atoms with Crippen LogP contribution >= 0.6 is 27.7 Å². The molecule has 1 aromatic rings. The second kappa shape index (κ2) is 7.04. The van der Waals surface area contributed by atoms with E-state index >= 15 is 0 Å².